The van der Waals surface area contributed by atoms with Crippen LogP contribution in [0.2, 0.25) is 0 Å². The standard InChI is InChI=1S/C21H26N4O3S/c1-2-12-23-20(27)17(25-21(28)18-7-5-14-29-18)6-3-4-13-24-19(26)15-8-10-16(22)11-9-15/h2,5,7-11,14,17H,1,3-4,6,12-13,22H2,(H,23,27)(H,24,26)(H,25,28)/t17-/m1/s1. The predicted molar refractivity (Wildman–Crippen MR) is 116 cm³/mol. The maximum absolute atomic E-state index is 12.3. The third-order valence-corrected chi connectivity index (χ3v) is 5.03. The van der Waals surface area contributed by atoms with Crippen molar-refractivity contribution >= 4 is 34.7 Å². The van der Waals surface area contributed by atoms with E-state index >= 15 is 0 Å². The Morgan fingerprint density at radius 2 is 1.83 bits per heavy atom. The van der Waals surface area contributed by atoms with E-state index in [1.807, 2.05) is 5.38 Å². The topological polar surface area (TPSA) is 113 Å². The van der Waals surface area contributed by atoms with Crippen LogP contribution in [-0.2, 0) is 4.79 Å². The van der Waals surface area contributed by atoms with Gasteiger partial charge in [-0.25, -0.2) is 0 Å². The number of nitrogens with two attached hydrogens (primary N) is 1. The molecule has 0 saturated heterocycles. The summed E-state index contributed by atoms with van der Waals surface area (Å²) in [5.41, 5.74) is 6.76. The van der Waals surface area contributed by atoms with Crippen molar-refractivity contribution in [3.8, 4) is 0 Å². The first-order chi connectivity index (χ1) is 14.0. The molecule has 0 radical (unpaired) electrons. The number of nitrogen functional groups attached to an aromatic ring is 1. The van der Waals surface area contributed by atoms with Gasteiger partial charge in [0.05, 0.1) is 4.88 Å². The monoisotopic (exact) mass is 414 g/mol. The Hall–Kier alpha value is -3.13. The fraction of sp³-hybridized carbons (Fsp3) is 0.286. The minimum atomic E-state index is -0.641. The molecule has 1 aromatic heterocycles. The number of unbranched alkanes of at least 4 members (excludes halogenated alkanes) is 1. The Morgan fingerprint density at radius 3 is 2.48 bits per heavy atom. The van der Waals surface area contributed by atoms with Crippen LogP contribution in [0.3, 0.4) is 0 Å². The van der Waals surface area contributed by atoms with Gasteiger partial charge in [0.2, 0.25) is 5.91 Å². The number of carbonyl (C=O) groups excluding carboxylic acids is 3. The van der Waals surface area contributed by atoms with Crippen LogP contribution in [0.5, 0.6) is 0 Å². The Balaban J connectivity index is 1.79. The minimum Gasteiger partial charge on any atom is -0.399 e. The molecule has 7 nitrogen and oxygen atoms in total. The summed E-state index contributed by atoms with van der Waals surface area (Å²) in [6.45, 7) is 4.39. The molecule has 29 heavy (non-hydrogen) atoms. The van der Waals surface area contributed by atoms with Gasteiger partial charge in [-0.1, -0.05) is 12.1 Å². The van der Waals surface area contributed by atoms with Crippen LogP contribution in [0.25, 0.3) is 0 Å². The lowest BCUT2D eigenvalue weighted by Crippen LogP contribution is -2.46. The normalized spacial score (nSPS) is 11.3. The second-order valence-corrected chi connectivity index (χ2v) is 7.36. The molecule has 3 amide bonds. The Kier molecular flexibility index (Phi) is 8.91. The van der Waals surface area contributed by atoms with E-state index in [1.165, 1.54) is 11.3 Å². The van der Waals surface area contributed by atoms with E-state index in [0.717, 1.165) is 0 Å². The number of carbonyl (C=O) groups is 3. The number of hydrogen-bond donors (Lipinski definition) is 4. The summed E-state index contributed by atoms with van der Waals surface area (Å²) in [4.78, 5) is 37.3. The lowest BCUT2D eigenvalue weighted by molar-refractivity contribution is -0.122. The summed E-state index contributed by atoms with van der Waals surface area (Å²) >= 11 is 1.32. The number of hydrogen-bond acceptors (Lipinski definition) is 5. The summed E-state index contributed by atoms with van der Waals surface area (Å²) in [6, 6.07) is 9.56. The Morgan fingerprint density at radius 1 is 1.07 bits per heavy atom. The van der Waals surface area contributed by atoms with Crippen molar-refractivity contribution in [2.24, 2.45) is 0 Å². The van der Waals surface area contributed by atoms with E-state index in [4.69, 9.17) is 5.73 Å². The van der Waals surface area contributed by atoms with E-state index in [1.54, 1.807) is 42.5 Å². The highest BCUT2D eigenvalue weighted by Crippen LogP contribution is 2.10. The summed E-state index contributed by atoms with van der Waals surface area (Å²) in [7, 11) is 0. The number of thiophene rings is 1. The molecule has 0 aliphatic carbocycles. The van der Waals surface area contributed by atoms with Gasteiger partial charge in [-0.05, 0) is 55.0 Å². The molecule has 0 aliphatic rings. The smallest absolute Gasteiger partial charge is 0.261 e. The number of nitrogens with one attached hydrogen (secondary N) is 3. The molecule has 2 aromatic rings. The van der Waals surface area contributed by atoms with Crippen molar-refractivity contribution in [3.63, 3.8) is 0 Å². The fourth-order valence-corrected chi connectivity index (χ4v) is 3.24. The third-order valence-electron chi connectivity index (χ3n) is 4.17. The molecular formula is C21H26N4O3S. The zero-order valence-electron chi connectivity index (χ0n) is 16.1. The average Bonchev–Trinajstić information content (AvgIpc) is 3.26. The molecule has 1 atom stereocenters. The van der Waals surface area contributed by atoms with Gasteiger partial charge < -0.3 is 21.7 Å². The molecule has 0 unspecified atom stereocenters. The van der Waals surface area contributed by atoms with Crippen LogP contribution >= 0.6 is 11.3 Å². The van der Waals surface area contributed by atoms with Gasteiger partial charge in [0.15, 0.2) is 0 Å². The lowest BCUT2D eigenvalue weighted by Gasteiger charge is -2.18. The number of anilines is 1. The SMILES string of the molecule is C=CCNC(=O)[C@@H](CCCCNC(=O)c1ccc(N)cc1)NC(=O)c1cccs1. The minimum absolute atomic E-state index is 0.170. The summed E-state index contributed by atoms with van der Waals surface area (Å²) in [6.07, 6.45) is 3.40. The molecule has 1 heterocycles. The zero-order valence-corrected chi connectivity index (χ0v) is 17.0. The molecule has 1 aromatic carbocycles. The first-order valence-corrected chi connectivity index (χ1v) is 10.3. The maximum atomic E-state index is 12.3. The third kappa shape index (κ3) is 7.42. The maximum Gasteiger partial charge on any atom is 0.261 e. The largest absolute Gasteiger partial charge is 0.399 e. The highest BCUT2D eigenvalue weighted by atomic mass is 32.1. The second kappa shape index (κ2) is 11.7. The van der Waals surface area contributed by atoms with Crippen molar-refractivity contribution < 1.29 is 14.4 Å². The van der Waals surface area contributed by atoms with E-state index in [0.29, 0.717) is 48.5 Å². The molecule has 0 fully saturated rings. The van der Waals surface area contributed by atoms with Gasteiger partial charge in [0.25, 0.3) is 11.8 Å². The first-order valence-electron chi connectivity index (χ1n) is 9.38. The van der Waals surface area contributed by atoms with Gasteiger partial charge in [0, 0.05) is 24.3 Å². The highest BCUT2D eigenvalue weighted by Gasteiger charge is 2.21. The molecule has 0 bridgehead atoms. The van der Waals surface area contributed by atoms with Crippen LogP contribution in [0.1, 0.15) is 39.3 Å². The molecule has 0 saturated carbocycles. The number of amides is 3. The quantitative estimate of drug-likeness (QED) is 0.257. The molecule has 154 valence electrons. The predicted octanol–water partition coefficient (Wildman–Crippen LogP) is 2.33. The van der Waals surface area contributed by atoms with Crippen molar-refractivity contribution in [2.75, 3.05) is 18.8 Å². The van der Waals surface area contributed by atoms with Gasteiger partial charge in [-0.2, -0.15) is 0 Å². The molecule has 8 heteroatoms. The molecule has 0 aliphatic heterocycles. The second-order valence-electron chi connectivity index (χ2n) is 6.41. The molecule has 2 rings (SSSR count). The Bertz CT molecular complexity index is 819. The van der Waals surface area contributed by atoms with E-state index in [-0.39, 0.29) is 17.7 Å². The highest BCUT2D eigenvalue weighted by molar-refractivity contribution is 7.12. The van der Waals surface area contributed by atoms with Crippen molar-refractivity contribution in [1.82, 2.24) is 16.0 Å². The van der Waals surface area contributed by atoms with Gasteiger partial charge in [-0.3, -0.25) is 14.4 Å². The molecule has 5 N–H and O–H groups in total. The first kappa shape index (κ1) is 22.2. The van der Waals surface area contributed by atoms with Crippen LogP contribution in [-0.4, -0.2) is 36.9 Å². The number of benzene rings is 1. The van der Waals surface area contributed by atoms with E-state index in [2.05, 4.69) is 22.5 Å². The van der Waals surface area contributed by atoms with Crippen LogP contribution < -0.4 is 21.7 Å². The van der Waals surface area contributed by atoms with Crippen LogP contribution in [0, 0.1) is 0 Å². The Labute approximate surface area is 174 Å². The van der Waals surface area contributed by atoms with Gasteiger partial charge >= 0.3 is 0 Å². The molecular weight excluding hydrogens is 388 g/mol. The number of rotatable bonds is 11. The van der Waals surface area contributed by atoms with Gasteiger partial charge in [-0.15, -0.1) is 17.9 Å². The zero-order chi connectivity index (χ0) is 21.1. The van der Waals surface area contributed by atoms with E-state index in [9.17, 15) is 14.4 Å². The van der Waals surface area contributed by atoms with Crippen molar-refractivity contribution in [3.05, 3.63) is 64.9 Å². The molecule has 0 spiro atoms. The average molecular weight is 415 g/mol. The summed E-state index contributed by atoms with van der Waals surface area (Å²) in [5.74, 6) is -0.688. The van der Waals surface area contributed by atoms with Crippen LogP contribution in [0.15, 0.2) is 54.4 Å². The lowest BCUT2D eigenvalue weighted by atomic mass is 10.1. The fourth-order valence-electron chi connectivity index (χ4n) is 2.61. The summed E-state index contributed by atoms with van der Waals surface area (Å²) in [5, 5.41) is 10.2. The van der Waals surface area contributed by atoms with E-state index < -0.39 is 6.04 Å². The van der Waals surface area contributed by atoms with Crippen LogP contribution in [0.4, 0.5) is 5.69 Å². The van der Waals surface area contributed by atoms with Gasteiger partial charge in [0.1, 0.15) is 6.04 Å². The van der Waals surface area contributed by atoms with Crippen molar-refractivity contribution in [2.45, 2.75) is 25.3 Å². The van der Waals surface area contributed by atoms with Crippen molar-refractivity contribution in [1.29, 1.82) is 0 Å². The summed E-state index contributed by atoms with van der Waals surface area (Å²) < 4.78 is 0.